The first-order chi connectivity index (χ1) is 11.2. The molecule has 0 saturated carbocycles. The number of halogens is 3. The Kier molecular flexibility index (Phi) is 5.18. The first-order valence-electron chi connectivity index (χ1n) is 6.94. The van der Waals surface area contributed by atoms with Crippen molar-refractivity contribution in [3.63, 3.8) is 0 Å². The van der Waals surface area contributed by atoms with Crippen LogP contribution in [0, 0.1) is 0 Å². The summed E-state index contributed by atoms with van der Waals surface area (Å²) in [4.78, 5) is 11.8. The number of phenolic OH excluding ortho intramolecular Hbond substituents is 1. The summed E-state index contributed by atoms with van der Waals surface area (Å²) >= 11 is 0. The van der Waals surface area contributed by atoms with Crippen molar-refractivity contribution < 1.29 is 27.8 Å². The molecule has 0 radical (unpaired) electrons. The van der Waals surface area contributed by atoms with Gasteiger partial charge in [0.1, 0.15) is 11.5 Å². The number of hydrogen-bond acceptors (Lipinski definition) is 3. The van der Waals surface area contributed by atoms with Gasteiger partial charge < -0.3 is 20.5 Å². The Morgan fingerprint density at radius 3 is 2.46 bits per heavy atom. The lowest BCUT2D eigenvalue weighted by Crippen LogP contribution is -2.39. The van der Waals surface area contributed by atoms with Gasteiger partial charge in [-0.15, -0.1) is 0 Å². The van der Waals surface area contributed by atoms with Crippen LogP contribution in [-0.2, 0) is 6.18 Å². The molecule has 1 atom stereocenters. The number of aromatic hydroxyl groups is 1. The Bertz CT molecular complexity index is 702. The molecule has 0 aliphatic carbocycles. The second-order valence-electron chi connectivity index (χ2n) is 4.93. The van der Waals surface area contributed by atoms with Crippen LogP contribution in [-0.4, -0.2) is 17.4 Å². The number of nitrogens with one attached hydrogen (secondary N) is 2. The molecule has 3 N–H and O–H groups in total. The third kappa shape index (κ3) is 5.08. The number of anilines is 1. The highest BCUT2D eigenvalue weighted by Gasteiger charge is 2.30. The van der Waals surface area contributed by atoms with Gasteiger partial charge in [-0.1, -0.05) is 6.07 Å². The van der Waals surface area contributed by atoms with Crippen LogP contribution in [0.5, 0.6) is 11.5 Å². The fourth-order valence-corrected chi connectivity index (χ4v) is 1.88. The van der Waals surface area contributed by atoms with E-state index in [0.717, 1.165) is 12.1 Å². The van der Waals surface area contributed by atoms with Gasteiger partial charge in [-0.2, -0.15) is 13.2 Å². The van der Waals surface area contributed by atoms with Crippen molar-refractivity contribution in [3.8, 4) is 11.5 Å². The Balaban J connectivity index is 1.92. The SMILES string of the molecule is CC(NC(=O)Nc1cccc(C(F)(F)F)c1)Oc1ccc(O)cc1. The van der Waals surface area contributed by atoms with Crippen LogP contribution in [0.4, 0.5) is 23.7 Å². The molecule has 0 fully saturated rings. The predicted octanol–water partition coefficient (Wildman–Crippen LogP) is 3.96. The van der Waals surface area contributed by atoms with E-state index in [2.05, 4.69) is 10.6 Å². The number of amides is 2. The molecule has 0 spiro atoms. The largest absolute Gasteiger partial charge is 0.508 e. The van der Waals surface area contributed by atoms with Crippen LogP contribution in [0.25, 0.3) is 0 Å². The number of carbonyl (C=O) groups excluding carboxylic acids is 1. The smallest absolute Gasteiger partial charge is 0.416 e. The van der Waals surface area contributed by atoms with E-state index in [0.29, 0.717) is 5.75 Å². The minimum atomic E-state index is -4.48. The minimum absolute atomic E-state index is 0.0131. The molecule has 5 nitrogen and oxygen atoms in total. The first kappa shape index (κ1) is 17.5. The van der Waals surface area contributed by atoms with Crippen molar-refractivity contribution in [2.24, 2.45) is 0 Å². The Morgan fingerprint density at radius 2 is 1.83 bits per heavy atom. The standard InChI is InChI=1S/C16H15F3N2O3/c1-10(24-14-7-5-13(22)6-8-14)20-15(23)21-12-4-2-3-11(9-12)16(17,18)19/h2-10,22H,1H3,(H2,20,21,23). The van der Waals surface area contributed by atoms with E-state index in [9.17, 15) is 18.0 Å². The Labute approximate surface area is 136 Å². The molecule has 2 aromatic rings. The highest BCUT2D eigenvalue weighted by Crippen LogP contribution is 2.30. The van der Waals surface area contributed by atoms with Crippen molar-refractivity contribution in [2.45, 2.75) is 19.3 Å². The minimum Gasteiger partial charge on any atom is -0.508 e. The van der Waals surface area contributed by atoms with Crippen LogP contribution in [0.3, 0.4) is 0 Å². The summed E-state index contributed by atoms with van der Waals surface area (Å²) in [7, 11) is 0. The summed E-state index contributed by atoms with van der Waals surface area (Å²) in [5.74, 6) is 0.491. The molecule has 0 bridgehead atoms. The molecule has 0 aliphatic heterocycles. The molecule has 1 unspecified atom stereocenters. The number of benzene rings is 2. The van der Waals surface area contributed by atoms with E-state index in [4.69, 9.17) is 9.84 Å². The number of carbonyl (C=O) groups is 1. The van der Waals surface area contributed by atoms with Crippen molar-refractivity contribution in [3.05, 3.63) is 54.1 Å². The molecule has 0 saturated heterocycles. The van der Waals surface area contributed by atoms with Crippen LogP contribution in [0.2, 0.25) is 0 Å². The topological polar surface area (TPSA) is 70.6 Å². The summed E-state index contributed by atoms with van der Waals surface area (Å²) in [6, 6.07) is 9.46. The predicted molar refractivity (Wildman–Crippen MR) is 81.8 cm³/mol. The average molecular weight is 340 g/mol. The maximum absolute atomic E-state index is 12.6. The molecule has 2 aromatic carbocycles. The monoisotopic (exact) mass is 340 g/mol. The Hall–Kier alpha value is -2.90. The molecule has 8 heteroatoms. The third-order valence-electron chi connectivity index (χ3n) is 2.93. The van der Waals surface area contributed by atoms with Crippen molar-refractivity contribution >= 4 is 11.7 Å². The van der Waals surface area contributed by atoms with Crippen LogP contribution in [0.1, 0.15) is 12.5 Å². The third-order valence-corrected chi connectivity index (χ3v) is 2.93. The van der Waals surface area contributed by atoms with Crippen molar-refractivity contribution in [2.75, 3.05) is 5.32 Å². The lowest BCUT2D eigenvalue weighted by molar-refractivity contribution is -0.137. The van der Waals surface area contributed by atoms with Crippen LogP contribution < -0.4 is 15.4 Å². The van der Waals surface area contributed by atoms with E-state index in [1.165, 1.54) is 36.4 Å². The number of alkyl halides is 3. The zero-order chi connectivity index (χ0) is 17.7. The molecule has 2 amide bonds. The molecular weight excluding hydrogens is 325 g/mol. The molecule has 24 heavy (non-hydrogen) atoms. The first-order valence-corrected chi connectivity index (χ1v) is 6.94. The highest BCUT2D eigenvalue weighted by atomic mass is 19.4. The van der Waals surface area contributed by atoms with Gasteiger partial charge in [-0.05, 0) is 49.4 Å². The number of hydrogen-bond donors (Lipinski definition) is 3. The second-order valence-corrected chi connectivity index (χ2v) is 4.93. The quantitative estimate of drug-likeness (QED) is 0.738. The molecule has 0 heterocycles. The summed E-state index contributed by atoms with van der Waals surface area (Å²) in [6.07, 6.45) is -5.22. The number of phenols is 1. The van der Waals surface area contributed by atoms with Crippen molar-refractivity contribution in [1.29, 1.82) is 0 Å². The lowest BCUT2D eigenvalue weighted by atomic mass is 10.2. The molecule has 0 aromatic heterocycles. The maximum atomic E-state index is 12.6. The van der Waals surface area contributed by atoms with Crippen molar-refractivity contribution in [1.82, 2.24) is 5.32 Å². The highest BCUT2D eigenvalue weighted by molar-refractivity contribution is 5.89. The van der Waals surface area contributed by atoms with Gasteiger partial charge in [0.05, 0.1) is 5.56 Å². The average Bonchev–Trinajstić information content (AvgIpc) is 2.49. The van der Waals surface area contributed by atoms with Gasteiger partial charge in [0.25, 0.3) is 0 Å². The number of urea groups is 1. The van der Waals surface area contributed by atoms with Gasteiger partial charge in [-0.25, -0.2) is 4.79 Å². The van der Waals surface area contributed by atoms with Gasteiger partial charge >= 0.3 is 12.2 Å². The molecular formula is C16H15F3N2O3. The summed E-state index contributed by atoms with van der Waals surface area (Å²) < 4.78 is 43.3. The van der Waals surface area contributed by atoms with E-state index in [1.807, 2.05) is 0 Å². The fraction of sp³-hybridized carbons (Fsp3) is 0.188. The molecule has 128 valence electrons. The number of rotatable bonds is 4. The van der Waals surface area contributed by atoms with Gasteiger partial charge in [0, 0.05) is 5.69 Å². The van der Waals surface area contributed by atoms with E-state index < -0.39 is 24.0 Å². The number of ether oxygens (including phenoxy) is 1. The molecule has 2 rings (SSSR count). The maximum Gasteiger partial charge on any atom is 0.416 e. The van der Waals surface area contributed by atoms with Gasteiger partial charge in [0.2, 0.25) is 0 Å². The molecule has 0 aliphatic rings. The summed E-state index contributed by atoms with van der Waals surface area (Å²) in [5.41, 5.74) is -0.840. The van der Waals surface area contributed by atoms with Gasteiger partial charge in [-0.3, -0.25) is 0 Å². The van der Waals surface area contributed by atoms with Crippen LogP contribution >= 0.6 is 0 Å². The van der Waals surface area contributed by atoms with Crippen LogP contribution in [0.15, 0.2) is 48.5 Å². The zero-order valence-corrected chi connectivity index (χ0v) is 12.6. The van der Waals surface area contributed by atoms with E-state index in [-0.39, 0.29) is 11.4 Å². The summed E-state index contributed by atoms with van der Waals surface area (Å²) in [6.45, 7) is 1.55. The lowest BCUT2D eigenvalue weighted by Gasteiger charge is -2.17. The van der Waals surface area contributed by atoms with E-state index >= 15 is 0 Å². The van der Waals surface area contributed by atoms with E-state index in [1.54, 1.807) is 6.92 Å². The second kappa shape index (κ2) is 7.12. The zero-order valence-electron chi connectivity index (χ0n) is 12.6. The normalized spacial score (nSPS) is 12.3. The Morgan fingerprint density at radius 1 is 1.17 bits per heavy atom. The van der Waals surface area contributed by atoms with Gasteiger partial charge in [0.15, 0.2) is 6.23 Å². The summed E-state index contributed by atoms with van der Waals surface area (Å²) in [5, 5.41) is 13.9. The fourth-order valence-electron chi connectivity index (χ4n) is 1.88.